The number of nitrogens with zero attached hydrogens (tertiary/aromatic N) is 1. The first-order valence-corrected chi connectivity index (χ1v) is 8.18. The van der Waals surface area contributed by atoms with Gasteiger partial charge in [0.2, 0.25) is 0 Å². The van der Waals surface area contributed by atoms with Gasteiger partial charge in [0.1, 0.15) is 5.75 Å². The molecule has 6 heteroatoms. The normalized spacial score (nSPS) is 16.4. The molecule has 1 amide bonds. The maximum Gasteiger partial charge on any atom is 0.253 e. The van der Waals surface area contributed by atoms with Gasteiger partial charge in [-0.3, -0.25) is 4.79 Å². The van der Waals surface area contributed by atoms with E-state index < -0.39 is 0 Å². The van der Waals surface area contributed by atoms with Crippen LogP contribution in [0.4, 0.5) is 0 Å². The molecule has 4 nitrogen and oxygen atoms in total. The maximum atomic E-state index is 12.3. The molecule has 20 heavy (non-hydrogen) atoms. The molecule has 1 fully saturated rings. The fraction of sp³-hybridized carbons (Fsp3) is 0.500. The van der Waals surface area contributed by atoms with Crippen LogP contribution >= 0.6 is 34.2 Å². The Labute approximate surface area is 137 Å². The second-order valence-corrected chi connectivity index (χ2v) is 6.26. The van der Waals surface area contributed by atoms with Gasteiger partial charge in [-0.2, -0.15) is 0 Å². The van der Waals surface area contributed by atoms with E-state index in [1.54, 1.807) is 12.1 Å². The van der Waals surface area contributed by atoms with Crippen LogP contribution in [0.25, 0.3) is 0 Å². The first-order chi connectivity index (χ1) is 9.61. The molecular weight excluding hydrogens is 393 g/mol. The van der Waals surface area contributed by atoms with E-state index in [-0.39, 0.29) is 17.8 Å². The third kappa shape index (κ3) is 3.99. The minimum absolute atomic E-state index is 0.0347. The zero-order valence-corrected chi connectivity index (χ0v) is 13.9. The number of aromatic hydroxyl groups is 1. The topological polar surface area (TPSA) is 49.8 Å². The second-order valence-electron chi connectivity index (χ2n) is 4.72. The first-order valence-electron chi connectivity index (χ1n) is 6.57. The summed E-state index contributed by atoms with van der Waals surface area (Å²) in [5, 5.41) is 9.68. The molecule has 0 aromatic heterocycles. The summed E-state index contributed by atoms with van der Waals surface area (Å²) in [5.41, 5.74) is 0.531. The number of carbonyl (C=O) groups excluding carboxylic acids is 1. The van der Waals surface area contributed by atoms with E-state index in [9.17, 15) is 9.90 Å². The van der Waals surface area contributed by atoms with Crippen molar-refractivity contribution in [3.05, 3.63) is 27.3 Å². The van der Waals surface area contributed by atoms with Gasteiger partial charge in [-0.05, 0) is 53.6 Å². The van der Waals surface area contributed by atoms with Crippen LogP contribution in [-0.2, 0) is 4.74 Å². The van der Waals surface area contributed by atoms with Crippen molar-refractivity contribution < 1.29 is 14.6 Å². The lowest BCUT2D eigenvalue weighted by atomic mass is 10.1. The predicted molar refractivity (Wildman–Crippen MR) is 86.4 cm³/mol. The zero-order valence-electron chi connectivity index (χ0n) is 11.0. The number of rotatable bonds is 4. The summed E-state index contributed by atoms with van der Waals surface area (Å²) in [4.78, 5) is 14.1. The first kappa shape index (κ1) is 15.9. The van der Waals surface area contributed by atoms with Crippen LogP contribution in [0.3, 0.4) is 0 Å². The van der Waals surface area contributed by atoms with Crippen LogP contribution < -0.4 is 0 Å². The van der Waals surface area contributed by atoms with Gasteiger partial charge in [-0.1, -0.05) is 0 Å². The molecule has 1 aliphatic heterocycles. The lowest BCUT2D eigenvalue weighted by Crippen LogP contribution is -2.41. The number of phenolic OH excluding ortho intramolecular Hbond substituents is 1. The van der Waals surface area contributed by atoms with Gasteiger partial charge >= 0.3 is 0 Å². The average molecular weight is 410 g/mol. The van der Waals surface area contributed by atoms with E-state index in [0.29, 0.717) is 31.1 Å². The van der Waals surface area contributed by atoms with Crippen LogP contribution in [0.1, 0.15) is 23.2 Å². The number of hydrogen-bond acceptors (Lipinski definition) is 3. The van der Waals surface area contributed by atoms with Crippen LogP contribution in [0.2, 0.25) is 0 Å². The molecule has 0 atom stereocenters. The fourth-order valence-corrected chi connectivity index (χ4v) is 2.69. The van der Waals surface area contributed by atoms with E-state index in [1.165, 1.54) is 6.07 Å². The van der Waals surface area contributed by atoms with Gasteiger partial charge in [-0.25, -0.2) is 0 Å². The molecule has 0 bridgehead atoms. The minimum Gasteiger partial charge on any atom is -0.507 e. The highest BCUT2D eigenvalue weighted by atomic mass is 127. The monoisotopic (exact) mass is 409 g/mol. The largest absolute Gasteiger partial charge is 0.507 e. The number of phenols is 1. The third-order valence-corrected chi connectivity index (χ3v) is 4.42. The van der Waals surface area contributed by atoms with Crippen molar-refractivity contribution in [3.8, 4) is 5.75 Å². The fourth-order valence-electron chi connectivity index (χ4n) is 2.27. The van der Waals surface area contributed by atoms with Crippen LogP contribution in [0.5, 0.6) is 5.75 Å². The highest BCUT2D eigenvalue weighted by Gasteiger charge is 2.24. The molecule has 0 aliphatic carbocycles. The molecule has 2 rings (SSSR count). The van der Waals surface area contributed by atoms with Crippen molar-refractivity contribution >= 4 is 40.1 Å². The van der Waals surface area contributed by atoms with Gasteiger partial charge in [0, 0.05) is 24.5 Å². The Morgan fingerprint density at radius 1 is 1.45 bits per heavy atom. The smallest absolute Gasteiger partial charge is 0.253 e. The predicted octanol–water partition coefficient (Wildman–Crippen LogP) is 2.86. The lowest BCUT2D eigenvalue weighted by molar-refractivity contribution is 0.0154. The Hall–Kier alpha value is -0.530. The molecule has 1 saturated heterocycles. The Bertz CT molecular complexity index is 475. The molecule has 1 heterocycles. The SMILES string of the molecule is O=C(c1ccc(I)c(O)c1)N1CCC(OCCCl)CC1. The standard InChI is InChI=1S/C14H17ClINO3/c15-5-8-20-11-3-6-17(7-4-11)14(19)10-1-2-12(16)13(18)9-10/h1-2,9,11,18H,3-8H2. The highest BCUT2D eigenvalue weighted by molar-refractivity contribution is 14.1. The van der Waals surface area contributed by atoms with E-state index in [0.717, 1.165) is 16.4 Å². The van der Waals surface area contributed by atoms with Crippen molar-refractivity contribution in [3.63, 3.8) is 0 Å². The molecule has 1 aromatic rings. The summed E-state index contributed by atoms with van der Waals surface area (Å²) < 4.78 is 6.33. The van der Waals surface area contributed by atoms with Crippen LogP contribution in [0.15, 0.2) is 18.2 Å². The van der Waals surface area contributed by atoms with Crippen molar-refractivity contribution in [2.24, 2.45) is 0 Å². The zero-order chi connectivity index (χ0) is 14.5. The number of ether oxygens (including phenoxy) is 1. The van der Waals surface area contributed by atoms with Gasteiger partial charge in [0.25, 0.3) is 5.91 Å². The van der Waals surface area contributed by atoms with Crippen molar-refractivity contribution in [1.82, 2.24) is 4.90 Å². The van der Waals surface area contributed by atoms with Crippen molar-refractivity contribution in [2.75, 3.05) is 25.6 Å². The number of likely N-dealkylation sites (tertiary alicyclic amines) is 1. The number of carbonyl (C=O) groups is 1. The minimum atomic E-state index is -0.0347. The summed E-state index contributed by atoms with van der Waals surface area (Å²) in [7, 11) is 0. The molecular formula is C14H17ClINO3. The number of halogens is 2. The number of alkyl halides is 1. The van der Waals surface area contributed by atoms with Crippen LogP contribution in [-0.4, -0.2) is 47.6 Å². The molecule has 110 valence electrons. The lowest BCUT2D eigenvalue weighted by Gasteiger charge is -2.32. The molecule has 1 aromatic carbocycles. The molecule has 1 aliphatic rings. The summed E-state index contributed by atoms with van der Waals surface area (Å²) >= 11 is 7.63. The van der Waals surface area contributed by atoms with Crippen molar-refractivity contribution in [2.45, 2.75) is 18.9 Å². The summed E-state index contributed by atoms with van der Waals surface area (Å²) in [6.45, 7) is 1.92. The maximum absolute atomic E-state index is 12.3. The molecule has 0 saturated carbocycles. The van der Waals surface area contributed by atoms with Crippen molar-refractivity contribution in [1.29, 1.82) is 0 Å². The Morgan fingerprint density at radius 3 is 2.75 bits per heavy atom. The van der Waals surface area contributed by atoms with Gasteiger partial charge in [0.15, 0.2) is 0 Å². The van der Waals surface area contributed by atoms with E-state index in [1.807, 2.05) is 27.5 Å². The highest BCUT2D eigenvalue weighted by Crippen LogP contribution is 2.22. The van der Waals surface area contributed by atoms with E-state index >= 15 is 0 Å². The number of benzene rings is 1. The summed E-state index contributed by atoms with van der Waals surface area (Å²) in [5.74, 6) is 0.616. The Balaban J connectivity index is 1.92. The molecule has 0 spiro atoms. The van der Waals surface area contributed by atoms with E-state index in [2.05, 4.69) is 0 Å². The number of amides is 1. The second kappa shape index (κ2) is 7.47. The molecule has 0 unspecified atom stereocenters. The van der Waals surface area contributed by atoms with Gasteiger partial charge in [0.05, 0.1) is 16.3 Å². The number of piperidine rings is 1. The molecule has 1 N–H and O–H groups in total. The third-order valence-electron chi connectivity index (χ3n) is 3.35. The summed E-state index contributed by atoms with van der Waals surface area (Å²) in [6, 6.07) is 5.03. The number of hydrogen-bond donors (Lipinski definition) is 1. The van der Waals surface area contributed by atoms with Crippen LogP contribution in [0, 0.1) is 3.57 Å². The van der Waals surface area contributed by atoms with Gasteiger partial charge < -0.3 is 14.7 Å². The Morgan fingerprint density at radius 2 is 2.15 bits per heavy atom. The van der Waals surface area contributed by atoms with Gasteiger partial charge in [-0.15, -0.1) is 11.6 Å². The Kier molecular flexibility index (Phi) is 5.92. The average Bonchev–Trinajstić information content (AvgIpc) is 2.48. The van der Waals surface area contributed by atoms with E-state index in [4.69, 9.17) is 16.3 Å². The molecule has 0 radical (unpaired) electrons. The summed E-state index contributed by atoms with van der Waals surface area (Å²) in [6.07, 6.45) is 1.86. The quantitative estimate of drug-likeness (QED) is 0.614.